The lowest BCUT2D eigenvalue weighted by Crippen LogP contribution is -2.34. The Morgan fingerprint density at radius 3 is 2.62 bits per heavy atom. The Labute approximate surface area is 131 Å². The first-order valence-corrected chi connectivity index (χ1v) is 8.07. The van der Waals surface area contributed by atoms with E-state index in [1.807, 2.05) is 21.0 Å². The van der Waals surface area contributed by atoms with Crippen molar-refractivity contribution in [3.8, 4) is 0 Å². The van der Waals surface area contributed by atoms with Crippen LogP contribution in [0.15, 0.2) is 0 Å². The average Bonchev–Trinajstić information content (AvgIpc) is 2.75. The Morgan fingerprint density at radius 2 is 2.05 bits per heavy atom. The van der Waals surface area contributed by atoms with Gasteiger partial charge in [0.05, 0.1) is 0 Å². The fourth-order valence-corrected chi connectivity index (χ4v) is 2.47. The molecular formula is C14H27N5OS. The lowest BCUT2D eigenvalue weighted by molar-refractivity contribution is 0.0941. The molecule has 0 spiro atoms. The summed E-state index contributed by atoms with van der Waals surface area (Å²) in [6.07, 6.45) is 0.899. The average molecular weight is 313 g/mol. The number of carbonyl (C=O) groups excluding carboxylic acids is 1. The van der Waals surface area contributed by atoms with E-state index in [2.05, 4.69) is 34.4 Å². The molecule has 21 heavy (non-hydrogen) atoms. The third-order valence-corrected chi connectivity index (χ3v) is 3.94. The molecule has 0 bridgehead atoms. The number of nitrogens with one attached hydrogen (secondary N) is 2. The van der Waals surface area contributed by atoms with Crippen LogP contribution in [-0.2, 0) is 0 Å². The summed E-state index contributed by atoms with van der Waals surface area (Å²) in [5, 5.41) is 6.86. The Hall–Kier alpha value is -1.34. The van der Waals surface area contributed by atoms with Gasteiger partial charge in [0.1, 0.15) is 10.7 Å². The maximum absolute atomic E-state index is 12.2. The van der Waals surface area contributed by atoms with Crippen LogP contribution in [0.25, 0.3) is 0 Å². The van der Waals surface area contributed by atoms with Gasteiger partial charge in [-0.2, -0.15) is 0 Å². The third kappa shape index (κ3) is 6.31. The van der Waals surface area contributed by atoms with Crippen LogP contribution in [0.5, 0.6) is 0 Å². The van der Waals surface area contributed by atoms with E-state index >= 15 is 0 Å². The van der Waals surface area contributed by atoms with Crippen LogP contribution in [0.3, 0.4) is 0 Å². The van der Waals surface area contributed by atoms with Crippen LogP contribution in [0.2, 0.25) is 0 Å². The normalized spacial score (nSPS) is 12.7. The molecule has 1 aromatic rings. The molecule has 1 atom stereocenters. The molecule has 1 amide bonds. The predicted octanol–water partition coefficient (Wildman–Crippen LogP) is 1.86. The van der Waals surface area contributed by atoms with Crippen molar-refractivity contribution in [1.82, 2.24) is 15.2 Å². The predicted molar refractivity (Wildman–Crippen MR) is 90.0 cm³/mol. The number of rotatable bonds is 8. The van der Waals surface area contributed by atoms with Crippen molar-refractivity contribution in [2.45, 2.75) is 33.2 Å². The van der Waals surface area contributed by atoms with E-state index in [1.54, 1.807) is 0 Å². The molecule has 1 heterocycles. The molecular weight excluding hydrogens is 286 g/mol. The number of aromatic nitrogens is 1. The van der Waals surface area contributed by atoms with Gasteiger partial charge in [0.2, 0.25) is 0 Å². The molecule has 120 valence electrons. The Bertz CT molecular complexity index is 458. The number of anilines is 2. The molecule has 6 nitrogen and oxygen atoms in total. The van der Waals surface area contributed by atoms with Gasteiger partial charge < -0.3 is 21.3 Å². The number of thiazole rings is 1. The highest BCUT2D eigenvalue weighted by atomic mass is 32.1. The summed E-state index contributed by atoms with van der Waals surface area (Å²) in [7, 11) is 4.03. The second-order valence-electron chi connectivity index (χ2n) is 5.97. The highest BCUT2D eigenvalue weighted by Crippen LogP contribution is 2.25. The lowest BCUT2D eigenvalue weighted by atomic mass is 10.2. The standard InChI is InChI=1S/C14H27N5OS/c1-9(2)8-16-14-18-12(15)11(21-14)13(20)17-10(3)6-7-19(4)5/h9-10H,6-8,15H2,1-5H3,(H,16,18)(H,17,20). The maximum Gasteiger partial charge on any atom is 0.265 e. The zero-order valence-corrected chi connectivity index (χ0v) is 14.4. The highest BCUT2D eigenvalue weighted by molar-refractivity contribution is 7.18. The first-order chi connectivity index (χ1) is 9.79. The minimum Gasteiger partial charge on any atom is -0.382 e. The molecule has 0 radical (unpaired) electrons. The zero-order valence-electron chi connectivity index (χ0n) is 13.6. The van der Waals surface area contributed by atoms with Gasteiger partial charge in [0, 0.05) is 12.6 Å². The molecule has 0 aliphatic heterocycles. The molecule has 7 heteroatoms. The van der Waals surface area contributed by atoms with E-state index in [0.717, 1.165) is 19.5 Å². The molecule has 0 fully saturated rings. The van der Waals surface area contributed by atoms with Crippen molar-refractivity contribution in [1.29, 1.82) is 0 Å². The van der Waals surface area contributed by atoms with Crippen molar-refractivity contribution in [3.05, 3.63) is 4.88 Å². The Balaban J connectivity index is 2.57. The summed E-state index contributed by atoms with van der Waals surface area (Å²) in [5.74, 6) is 0.663. The fraction of sp³-hybridized carbons (Fsp3) is 0.714. The van der Waals surface area contributed by atoms with Gasteiger partial charge in [0.15, 0.2) is 5.13 Å². The molecule has 4 N–H and O–H groups in total. The second kappa shape index (κ2) is 8.19. The molecule has 1 unspecified atom stereocenters. The van der Waals surface area contributed by atoms with E-state index in [4.69, 9.17) is 5.73 Å². The minimum atomic E-state index is -0.145. The molecule has 0 aromatic carbocycles. The lowest BCUT2D eigenvalue weighted by Gasteiger charge is -2.16. The van der Waals surface area contributed by atoms with Crippen molar-refractivity contribution >= 4 is 28.2 Å². The van der Waals surface area contributed by atoms with Gasteiger partial charge in [-0.1, -0.05) is 25.2 Å². The molecule has 0 saturated heterocycles. The van der Waals surface area contributed by atoms with Crippen molar-refractivity contribution in [3.63, 3.8) is 0 Å². The van der Waals surface area contributed by atoms with E-state index in [1.165, 1.54) is 11.3 Å². The largest absolute Gasteiger partial charge is 0.382 e. The topological polar surface area (TPSA) is 83.3 Å². The number of nitrogens with zero attached hydrogens (tertiary/aromatic N) is 2. The van der Waals surface area contributed by atoms with Crippen LogP contribution in [0.4, 0.5) is 10.9 Å². The van der Waals surface area contributed by atoms with Crippen molar-refractivity contribution in [2.24, 2.45) is 5.92 Å². The molecule has 1 aromatic heterocycles. The Kier molecular flexibility index (Phi) is 6.91. The van der Waals surface area contributed by atoms with E-state index in [-0.39, 0.29) is 11.9 Å². The number of hydrogen-bond acceptors (Lipinski definition) is 6. The number of amides is 1. The van der Waals surface area contributed by atoms with Crippen LogP contribution in [0, 0.1) is 5.92 Å². The van der Waals surface area contributed by atoms with Crippen LogP contribution < -0.4 is 16.4 Å². The van der Waals surface area contributed by atoms with Crippen molar-refractivity contribution < 1.29 is 4.79 Å². The first-order valence-electron chi connectivity index (χ1n) is 7.25. The first kappa shape index (κ1) is 17.7. The quantitative estimate of drug-likeness (QED) is 0.682. The summed E-state index contributed by atoms with van der Waals surface area (Å²) in [4.78, 5) is 19.0. The summed E-state index contributed by atoms with van der Waals surface area (Å²) in [6.45, 7) is 7.97. The maximum atomic E-state index is 12.2. The third-order valence-electron chi connectivity index (χ3n) is 2.91. The van der Waals surface area contributed by atoms with E-state index in [0.29, 0.717) is 21.7 Å². The summed E-state index contributed by atoms with van der Waals surface area (Å²) in [5.41, 5.74) is 5.84. The highest BCUT2D eigenvalue weighted by Gasteiger charge is 2.18. The molecule has 0 saturated carbocycles. The van der Waals surface area contributed by atoms with E-state index in [9.17, 15) is 4.79 Å². The summed E-state index contributed by atoms with van der Waals surface area (Å²) >= 11 is 1.31. The summed E-state index contributed by atoms with van der Waals surface area (Å²) < 4.78 is 0. The van der Waals surface area contributed by atoms with Gasteiger partial charge in [-0.25, -0.2) is 4.98 Å². The molecule has 0 aliphatic carbocycles. The molecule has 1 rings (SSSR count). The molecule has 0 aliphatic rings. The smallest absolute Gasteiger partial charge is 0.265 e. The Morgan fingerprint density at radius 1 is 1.38 bits per heavy atom. The van der Waals surface area contributed by atoms with Gasteiger partial charge in [-0.3, -0.25) is 4.79 Å². The number of carbonyl (C=O) groups is 1. The minimum absolute atomic E-state index is 0.105. The van der Waals surface area contributed by atoms with Crippen LogP contribution in [-0.4, -0.2) is 49.0 Å². The number of nitrogens with two attached hydrogens (primary N) is 1. The van der Waals surface area contributed by atoms with Gasteiger partial charge in [0.25, 0.3) is 5.91 Å². The van der Waals surface area contributed by atoms with Gasteiger partial charge in [-0.15, -0.1) is 0 Å². The number of nitrogen functional groups attached to an aromatic ring is 1. The number of hydrogen-bond donors (Lipinski definition) is 3. The zero-order chi connectivity index (χ0) is 16.0. The fourth-order valence-electron chi connectivity index (χ4n) is 1.68. The van der Waals surface area contributed by atoms with Crippen molar-refractivity contribution in [2.75, 3.05) is 38.2 Å². The monoisotopic (exact) mass is 313 g/mol. The van der Waals surface area contributed by atoms with Crippen LogP contribution in [0.1, 0.15) is 36.9 Å². The SMILES string of the molecule is CC(C)CNc1nc(N)c(C(=O)NC(C)CCN(C)C)s1. The van der Waals surface area contributed by atoms with Gasteiger partial charge in [-0.05, 0) is 39.9 Å². The van der Waals surface area contributed by atoms with Crippen LogP contribution >= 0.6 is 11.3 Å². The second-order valence-corrected chi connectivity index (χ2v) is 6.97. The van der Waals surface area contributed by atoms with E-state index < -0.39 is 0 Å². The summed E-state index contributed by atoms with van der Waals surface area (Å²) in [6, 6.07) is 0.105. The van der Waals surface area contributed by atoms with Gasteiger partial charge >= 0.3 is 0 Å².